The second-order valence-corrected chi connectivity index (χ2v) is 5.12. The molecule has 1 atom stereocenters. The van der Waals surface area contributed by atoms with Gasteiger partial charge in [0.25, 0.3) is 0 Å². The van der Waals surface area contributed by atoms with E-state index in [0.29, 0.717) is 6.04 Å². The summed E-state index contributed by atoms with van der Waals surface area (Å²) >= 11 is 0. The first kappa shape index (κ1) is 12.2. The summed E-state index contributed by atoms with van der Waals surface area (Å²) in [5.74, 6) is 0. The Morgan fingerprint density at radius 3 is 2.84 bits per heavy atom. The normalized spacial score (nSPS) is 18.7. The second kappa shape index (κ2) is 5.45. The highest BCUT2D eigenvalue weighted by Crippen LogP contribution is 2.15. The van der Waals surface area contributed by atoms with Crippen molar-refractivity contribution in [3.05, 3.63) is 47.8 Å². The number of anilines is 1. The van der Waals surface area contributed by atoms with Gasteiger partial charge in [-0.25, -0.2) is 0 Å². The number of benzene rings is 1. The van der Waals surface area contributed by atoms with Crippen molar-refractivity contribution in [1.29, 1.82) is 0 Å². The lowest BCUT2D eigenvalue weighted by Crippen LogP contribution is -2.18. The third kappa shape index (κ3) is 3.15. The third-order valence-electron chi connectivity index (χ3n) is 3.36. The maximum Gasteiger partial charge on any atom is 0.0668 e. The summed E-state index contributed by atoms with van der Waals surface area (Å²) in [5.41, 5.74) is 3.62. The zero-order valence-electron chi connectivity index (χ0n) is 11.2. The van der Waals surface area contributed by atoms with Crippen LogP contribution in [-0.4, -0.2) is 29.0 Å². The van der Waals surface area contributed by atoms with Crippen molar-refractivity contribution < 1.29 is 4.74 Å². The Hall–Kier alpha value is -1.81. The Labute approximate surface area is 113 Å². The van der Waals surface area contributed by atoms with Gasteiger partial charge in [-0.1, -0.05) is 12.1 Å². The number of aromatic nitrogens is 2. The number of nitrogens with zero attached hydrogens (tertiary/aromatic N) is 2. The molecular weight excluding hydrogens is 238 g/mol. The summed E-state index contributed by atoms with van der Waals surface area (Å²) < 4.78 is 7.32. The van der Waals surface area contributed by atoms with Gasteiger partial charge < -0.3 is 10.1 Å². The molecule has 1 aliphatic heterocycles. The van der Waals surface area contributed by atoms with E-state index in [1.807, 2.05) is 10.9 Å². The summed E-state index contributed by atoms with van der Waals surface area (Å²) in [6.07, 6.45) is 5.03. The van der Waals surface area contributed by atoms with Crippen molar-refractivity contribution in [2.24, 2.45) is 0 Å². The summed E-state index contributed by atoms with van der Waals surface area (Å²) in [5, 5.41) is 7.79. The molecular formula is C15H19N3O. The molecule has 19 heavy (non-hydrogen) atoms. The van der Waals surface area contributed by atoms with Gasteiger partial charge in [-0.05, 0) is 36.6 Å². The topological polar surface area (TPSA) is 39.1 Å². The van der Waals surface area contributed by atoms with Crippen LogP contribution in [0.4, 0.5) is 5.69 Å². The summed E-state index contributed by atoms with van der Waals surface area (Å²) in [4.78, 5) is 0. The van der Waals surface area contributed by atoms with Crippen LogP contribution in [0.3, 0.4) is 0 Å². The van der Waals surface area contributed by atoms with Gasteiger partial charge in [0, 0.05) is 18.5 Å². The molecule has 3 rings (SSSR count). The van der Waals surface area contributed by atoms with Crippen molar-refractivity contribution in [2.45, 2.75) is 25.9 Å². The van der Waals surface area contributed by atoms with Crippen molar-refractivity contribution in [3.8, 4) is 0 Å². The molecule has 0 spiro atoms. The fourth-order valence-electron chi connectivity index (χ4n) is 2.33. The van der Waals surface area contributed by atoms with Crippen molar-refractivity contribution in [3.63, 3.8) is 0 Å². The zero-order chi connectivity index (χ0) is 13.1. The molecule has 2 aromatic rings. The maximum absolute atomic E-state index is 5.36. The first-order valence-electron chi connectivity index (χ1n) is 6.72. The SMILES string of the molecule is Cc1cnn(Cc2ccc(NC3CCOC3)cc2)c1. The Kier molecular flexibility index (Phi) is 3.51. The van der Waals surface area contributed by atoms with Gasteiger partial charge in [-0.3, -0.25) is 4.68 Å². The van der Waals surface area contributed by atoms with Crippen LogP contribution < -0.4 is 5.32 Å². The number of hydrogen-bond acceptors (Lipinski definition) is 3. The van der Waals surface area contributed by atoms with Crippen LogP contribution in [0.2, 0.25) is 0 Å². The predicted octanol–water partition coefficient (Wildman–Crippen LogP) is 2.44. The average Bonchev–Trinajstić information content (AvgIpc) is 3.04. The van der Waals surface area contributed by atoms with Gasteiger partial charge in [0.1, 0.15) is 0 Å². The number of hydrogen-bond donors (Lipinski definition) is 1. The van der Waals surface area contributed by atoms with E-state index < -0.39 is 0 Å². The molecule has 100 valence electrons. The first-order chi connectivity index (χ1) is 9.29. The summed E-state index contributed by atoms with van der Waals surface area (Å²) in [7, 11) is 0. The zero-order valence-corrected chi connectivity index (χ0v) is 11.2. The minimum absolute atomic E-state index is 0.458. The lowest BCUT2D eigenvalue weighted by Gasteiger charge is -2.12. The van der Waals surface area contributed by atoms with E-state index in [-0.39, 0.29) is 0 Å². The second-order valence-electron chi connectivity index (χ2n) is 5.12. The van der Waals surface area contributed by atoms with Crippen LogP contribution in [-0.2, 0) is 11.3 Å². The number of rotatable bonds is 4. The van der Waals surface area contributed by atoms with Crippen LogP contribution in [0, 0.1) is 6.92 Å². The highest BCUT2D eigenvalue weighted by atomic mass is 16.5. The minimum atomic E-state index is 0.458. The van der Waals surface area contributed by atoms with Crippen LogP contribution in [0.15, 0.2) is 36.7 Å². The Bertz CT molecular complexity index is 527. The molecule has 0 aliphatic carbocycles. The molecule has 1 aliphatic rings. The molecule has 0 bridgehead atoms. The van der Waals surface area contributed by atoms with E-state index in [9.17, 15) is 0 Å². The quantitative estimate of drug-likeness (QED) is 0.914. The molecule has 1 N–H and O–H groups in total. The lowest BCUT2D eigenvalue weighted by atomic mass is 10.2. The Morgan fingerprint density at radius 2 is 2.21 bits per heavy atom. The lowest BCUT2D eigenvalue weighted by molar-refractivity contribution is 0.195. The fraction of sp³-hybridized carbons (Fsp3) is 0.400. The van der Waals surface area contributed by atoms with Gasteiger partial charge in [-0.15, -0.1) is 0 Å². The summed E-state index contributed by atoms with van der Waals surface area (Å²) in [6.45, 7) is 4.56. The molecule has 1 unspecified atom stereocenters. The maximum atomic E-state index is 5.36. The van der Waals surface area contributed by atoms with Crippen molar-refractivity contribution in [2.75, 3.05) is 18.5 Å². The fourth-order valence-corrected chi connectivity index (χ4v) is 2.33. The van der Waals surface area contributed by atoms with Crippen LogP contribution in [0.1, 0.15) is 17.5 Å². The van der Waals surface area contributed by atoms with E-state index in [0.717, 1.165) is 31.9 Å². The Balaban J connectivity index is 1.61. The van der Waals surface area contributed by atoms with E-state index >= 15 is 0 Å². The van der Waals surface area contributed by atoms with E-state index in [1.165, 1.54) is 11.1 Å². The van der Waals surface area contributed by atoms with E-state index in [4.69, 9.17) is 4.74 Å². The monoisotopic (exact) mass is 257 g/mol. The molecule has 4 heteroatoms. The van der Waals surface area contributed by atoms with Gasteiger partial charge in [0.15, 0.2) is 0 Å². The molecule has 4 nitrogen and oxygen atoms in total. The Morgan fingerprint density at radius 1 is 1.37 bits per heavy atom. The van der Waals surface area contributed by atoms with Crippen molar-refractivity contribution in [1.82, 2.24) is 9.78 Å². The van der Waals surface area contributed by atoms with Gasteiger partial charge >= 0.3 is 0 Å². The molecule has 0 amide bonds. The van der Waals surface area contributed by atoms with Gasteiger partial charge in [-0.2, -0.15) is 5.10 Å². The number of ether oxygens (including phenoxy) is 1. The van der Waals surface area contributed by atoms with Crippen LogP contribution >= 0.6 is 0 Å². The average molecular weight is 257 g/mol. The minimum Gasteiger partial charge on any atom is -0.380 e. The summed E-state index contributed by atoms with van der Waals surface area (Å²) in [6, 6.07) is 9.01. The molecule has 1 saturated heterocycles. The molecule has 0 radical (unpaired) electrons. The number of nitrogens with one attached hydrogen (secondary N) is 1. The smallest absolute Gasteiger partial charge is 0.0668 e. The molecule has 1 fully saturated rings. The van der Waals surface area contributed by atoms with Gasteiger partial charge in [0.2, 0.25) is 0 Å². The highest BCUT2D eigenvalue weighted by Gasteiger charge is 2.14. The van der Waals surface area contributed by atoms with Gasteiger partial charge in [0.05, 0.1) is 25.4 Å². The third-order valence-corrected chi connectivity index (χ3v) is 3.36. The van der Waals surface area contributed by atoms with Crippen molar-refractivity contribution >= 4 is 5.69 Å². The number of aryl methyl sites for hydroxylation is 1. The first-order valence-corrected chi connectivity index (χ1v) is 6.72. The predicted molar refractivity (Wildman–Crippen MR) is 75.4 cm³/mol. The van der Waals surface area contributed by atoms with Crippen LogP contribution in [0.5, 0.6) is 0 Å². The largest absolute Gasteiger partial charge is 0.380 e. The van der Waals surface area contributed by atoms with E-state index in [1.54, 1.807) is 0 Å². The molecule has 2 heterocycles. The van der Waals surface area contributed by atoms with E-state index in [2.05, 4.69) is 47.8 Å². The standard InChI is InChI=1S/C15H19N3O/c1-12-8-16-18(9-12)10-13-2-4-14(5-3-13)17-15-6-7-19-11-15/h2-5,8-9,15,17H,6-7,10-11H2,1H3. The highest BCUT2D eigenvalue weighted by molar-refractivity contribution is 5.45. The molecule has 1 aromatic carbocycles. The molecule has 1 aromatic heterocycles. The van der Waals surface area contributed by atoms with Crippen LogP contribution in [0.25, 0.3) is 0 Å². The molecule has 0 saturated carbocycles.